The molecule has 0 amide bonds. The van der Waals surface area contributed by atoms with Gasteiger partial charge < -0.3 is 5.73 Å². The fourth-order valence-corrected chi connectivity index (χ4v) is 2.03. The van der Waals surface area contributed by atoms with Crippen molar-refractivity contribution in [3.63, 3.8) is 0 Å². The molecule has 1 aliphatic rings. The molecule has 1 unspecified atom stereocenters. The molecule has 1 aliphatic carbocycles. The van der Waals surface area contributed by atoms with Gasteiger partial charge in [0, 0.05) is 12.5 Å². The number of benzene rings is 1. The Morgan fingerprint density at radius 3 is 3.08 bits per heavy atom. The minimum Gasteiger partial charge on any atom is -0.327 e. The van der Waals surface area contributed by atoms with Crippen LogP contribution < -0.4 is 5.73 Å². The number of nitrogens with two attached hydrogens (primary N) is 1. The molecule has 1 aromatic rings. The summed E-state index contributed by atoms with van der Waals surface area (Å²) >= 11 is 0. The van der Waals surface area contributed by atoms with Gasteiger partial charge in [-0.3, -0.25) is 0 Å². The summed E-state index contributed by atoms with van der Waals surface area (Å²) in [4.78, 5) is 0. The molecule has 0 spiro atoms. The van der Waals surface area contributed by atoms with E-state index >= 15 is 0 Å². The van der Waals surface area contributed by atoms with Gasteiger partial charge in [-0.05, 0) is 24.0 Å². The fraction of sp³-hybridized carbons (Fsp3) is 0.333. The molecule has 0 fully saturated rings. The van der Waals surface area contributed by atoms with Crippen LogP contribution in [-0.4, -0.2) is 6.54 Å². The average molecular weight is 173 g/mol. The molecule has 0 bridgehead atoms. The maximum absolute atomic E-state index is 5.44. The van der Waals surface area contributed by atoms with E-state index in [4.69, 9.17) is 5.73 Å². The van der Waals surface area contributed by atoms with Crippen LogP contribution in [-0.2, 0) is 6.42 Å². The molecule has 0 heterocycles. The first-order valence-electron chi connectivity index (χ1n) is 4.86. The van der Waals surface area contributed by atoms with Crippen molar-refractivity contribution in [2.45, 2.75) is 18.8 Å². The van der Waals surface area contributed by atoms with Gasteiger partial charge in [0.05, 0.1) is 0 Å². The summed E-state index contributed by atoms with van der Waals surface area (Å²) in [6.45, 7) is 0.651. The molecular formula is C12H15N. The van der Waals surface area contributed by atoms with Crippen LogP contribution in [0.25, 0.3) is 0 Å². The number of hydrogen-bond donors (Lipinski definition) is 1. The summed E-state index contributed by atoms with van der Waals surface area (Å²) in [5.74, 6) is 0.611. The molecule has 0 radical (unpaired) electrons. The molecule has 0 aromatic heterocycles. The van der Waals surface area contributed by atoms with Crippen LogP contribution in [0.15, 0.2) is 36.4 Å². The smallest absolute Gasteiger partial charge is 0.0107 e. The van der Waals surface area contributed by atoms with Gasteiger partial charge in [0.25, 0.3) is 0 Å². The third kappa shape index (κ3) is 1.65. The van der Waals surface area contributed by atoms with E-state index in [2.05, 4.69) is 36.4 Å². The highest BCUT2D eigenvalue weighted by Gasteiger charge is 2.18. The van der Waals surface area contributed by atoms with E-state index in [1.165, 1.54) is 24.0 Å². The van der Waals surface area contributed by atoms with E-state index in [1.54, 1.807) is 0 Å². The van der Waals surface area contributed by atoms with E-state index < -0.39 is 0 Å². The molecule has 0 saturated heterocycles. The lowest BCUT2D eigenvalue weighted by Gasteiger charge is -2.04. The molecule has 68 valence electrons. The highest BCUT2D eigenvalue weighted by molar-refractivity contribution is 5.37. The Kier molecular flexibility index (Phi) is 2.46. The van der Waals surface area contributed by atoms with E-state index in [0.717, 1.165) is 0 Å². The van der Waals surface area contributed by atoms with Crippen molar-refractivity contribution in [3.8, 4) is 0 Å². The van der Waals surface area contributed by atoms with Crippen molar-refractivity contribution < 1.29 is 0 Å². The summed E-state index contributed by atoms with van der Waals surface area (Å²) in [5, 5.41) is 0. The molecule has 13 heavy (non-hydrogen) atoms. The van der Waals surface area contributed by atoms with Gasteiger partial charge in [-0.25, -0.2) is 0 Å². The second-order valence-corrected chi connectivity index (χ2v) is 3.51. The van der Waals surface area contributed by atoms with Crippen molar-refractivity contribution in [1.82, 2.24) is 0 Å². The number of fused-ring (bicyclic) bond motifs is 1. The maximum atomic E-state index is 5.44. The zero-order valence-electron chi connectivity index (χ0n) is 7.74. The lowest BCUT2D eigenvalue weighted by atomic mass is 10.0. The summed E-state index contributed by atoms with van der Waals surface area (Å²) in [7, 11) is 0. The number of rotatable bonds is 2. The predicted molar refractivity (Wildman–Crippen MR) is 55.7 cm³/mol. The summed E-state index contributed by atoms with van der Waals surface area (Å²) < 4.78 is 0. The van der Waals surface area contributed by atoms with Crippen LogP contribution in [0.5, 0.6) is 0 Å². The molecule has 1 aromatic carbocycles. The molecule has 2 N–H and O–H groups in total. The highest BCUT2D eigenvalue weighted by Crippen LogP contribution is 2.33. The van der Waals surface area contributed by atoms with Crippen LogP contribution >= 0.6 is 0 Å². The maximum Gasteiger partial charge on any atom is 0.0107 e. The van der Waals surface area contributed by atoms with Crippen LogP contribution in [0.2, 0.25) is 0 Å². The molecule has 0 saturated carbocycles. The minimum atomic E-state index is 0.611. The van der Waals surface area contributed by atoms with E-state index in [-0.39, 0.29) is 0 Å². The second-order valence-electron chi connectivity index (χ2n) is 3.51. The Morgan fingerprint density at radius 1 is 1.38 bits per heavy atom. The van der Waals surface area contributed by atoms with Crippen LogP contribution in [0.3, 0.4) is 0 Å². The second kappa shape index (κ2) is 3.75. The number of aryl methyl sites for hydroxylation is 1. The van der Waals surface area contributed by atoms with Gasteiger partial charge in [-0.15, -0.1) is 0 Å². The van der Waals surface area contributed by atoms with Crippen LogP contribution in [0, 0.1) is 0 Å². The van der Waals surface area contributed by atoms with Crippen molar-refractivity contribution in [1.29, 1.82) is 0 Å². The largest absolute Gasteiger partial charge is 0.327 e. The zero-order chi connectivity index (χ0) is 9.10. The summed E-state index contributed by atoms with van der Waals surface area (Å²) in [6.07, 6.45) is 6.77. The Balaban J connectivity index is 2.23. The standard InChI is InChI=1S/C12H15N/c13-9-3-5-11-8-7-10-4-1-2-6-12(10)11/h1-6,11H,7-9,13H2/b5-3+. The first kappa shape index (κ1) is 8.52. The molecule has 2 rings (SSSR count). The quantitative estimate of drug-likeness (QED) is 0.682. The molecule has 0 aliphatic heterocycles. The Morgan fingerprint density at radius 2 is 2.23 bits per heavy atom. The van der Waals surface area contributed by atoms with E-state index in [0.29, 0.717) is 12.5 Å². The van der Waals surface area contributed by atoms with Gasteiger partial charge >= 0.3 is 0 Å². The minimum absolute atomic E-state index is 0.611. The number of allylic oxidation sites excluding steroid dienone is 1. The lowest BCUT2D eigenvalue weighted by molar-refractivity contribution is 0.811. The predicted octanol–water partition coefficient (Wildman–Crippen LogP) is 2.23. The van der Waals surface area contributed by atoms with E-state index in [9.17, 15) is 0 Å². The van der Waals surface area contributed by atoms with Gasteiger partial charge in [0.2, 0.25) is 0 Å². The van der Waals surface area contributed by atoms with Crippen LogP contribution in [0.1, 0.15) is 23.5 Å². The first-order chi connectivity index (χ1) is 6.42. The molecule has 1 atom stereocenters. The van der Waals surface area contributed by atoms with Crippen molar-refractivity contribution in [2.24, 2.45) is 5.73 Å². The summed E-state index contributed by atoms with van der Waals surface area (Å²) in [5.41, 5.74) is 8.44. The lowest BCUT2D eigenvalue weighted by Crippen LogP contribution is -1.95. The molecule has 1 nitrogen and oxygen atoms in total. The fourth-order valence-electron chi connectivity index (χ4n) is 2.03. The van der Waals surface area contributed by atoms with Gasteiger partial charge in [0.15, 0.2) is 0 Å². The van der Waals surface area contributed by atoms with Crippen molar-refractivity contribution in [2.75, 3.05) is 6.54 Å². The SMILES string of the molecule is NC/C=C/C1CCc2ccccc21. The Labute approximate surface area is 79.3 Å². The van der Waals surface area contributed by atoms with Gasteiger partial charge in [0.1, 0.15) is 0 Å². The monoisotopic (exact) mass is 173 g/mol. The van der Waals surface area contributed by atoms with Crippen molar-refractivity contribution in [3.05, 3.63) is 47.5 Å². The Bertz CT molecular complexity index is 315. The Hall–Kier alpha value is -1.08. The molecular weight excluding hydrogens is 158 g/mol. The van der Waals surface area contributed by atoms with Crippen LogP contribution in [0.4, 0.5) is 0 Å². The van der Waals surface area contributed by atoms with Crippen molar-refractivity contribution >= 4 is 0 Å². The number of hydrogen-bond acceptors (Lipinski definition) is 1. The first-order valence-corrected chi connectivity index (χ1v) is 4.86. The zero-order valence-corrected chi connectivity index (χ0v) is 7.74. The third-order valence-corrected chi connectivity index (χ3v) is 2.68. The highest BCUT2D eigenvalue weighted by atomic mass is 14.5. The average Bonchev–Trinajstić information content (AvgIpc) is 2.58. The topological polar surface area (TPSA) is 26.0 Å². The van der Waals surface area contributed by atoms with Gasteiger partial charge in [-0.2, -0.15) is 0 Å². The summed E-state index contributed by atoms with van der Waals surface area (Å²) in [6, 6.07) is 8.70. The van der Waals surface area contributed by atoms with Gasteiger partial charge in [-0.1, -0.05) is 36.4 Å². The van der Waals surface area contributed by atoms with E-state index in [1.807, 2.05) is 0 Å². The molecule has 1 heteroatoms. The normalized spacial score (nSPS) is 20.8. The third-order valence-electron chi connectivity index (χ3n) is 2.68.